The number of allylic oxidation sites excluding steroid dienone is 3. The van der Waals surface area contributed by atoms with E-state index in [2.05, 4.69) is 18.3 Å². The van der Waals surface area contributed by atoms with Crippen LogP contribution < -0.4 is 15.8 Å². The summed E-state index contributed by atoms with van der Waals surface area (Å²) < 4.78 is 5.40. The van der Waals surface area contributed by atoms with E-state index in [9.17, 15) is 19.8 Å². The highest BCUT2D eigenvalue weighted by atomic mass is 33.1. The largest absolute Gasteiger partial charge is 0.508 e. The van der Waals surface area contributed by atoms with Crippen molar-refractivity contribution in [1.29, 1.82) is 0 Å². The topological polar surface area (TPSA) is 122 Å². The molecule has 3 aliphatic rings. The maximum atomic E-state index is 13.4. The Balaban J connectivity index is 1.62. The number of methoxy groups -OCH3 is 1. The normalized spacial score (nSPS) is 25.3. The van der Waals surface area contributed by atoms with E-state index in [1.54, 1.807) is 45.9 Å². The zero-order chi connectivity index (χ0) is 29.8. The molecule has 5 rings (SSSR count). The summed E-state index contributed by atoms with van der Waals surface area (Å²) in [5, 5.41) is 24.3. The lowest BCUT2D eigenvalue weighted by molar-refractivity contribution is -0.125. The van der Waals surface area contributed by atoms with E-state index in [0.29, 0.717) is 36.5 Å². The van der Waals surface area contributed by atoms with Crippen LogP contribution >= 0.6 is 21.6 Å². The molecule has 0 amide bonds. The molecule has 1 aliphatic carbocycles. The number of fused-ring (bicyclic) bond motifs is 7. The standard InChI is InChI=1S/C33H38N2O5S2/c1-3-19-7-9-25(37)15-29(38)20-8-10-26(27-16-30(39)31(40-2)14-22(27)11-20)23-13-28(33(34)35-17-23)32(42-41-18-19)21-5-4-6-24(36)12-21/h4-6,11-14,16-17,19,26,32-33,35-36,39H,3,7-10,15,18,34H2,1-2H3. The molecule has 0 radical (unpaired) electrons. The van der Waals surface area contributed by atoms with Crippen LogP contribution in [0.1, 0.15) is 73.3 Å². The number of hydrogen-bond donors (Lipinski definition) is 4. The van der Waals surface area contributed by atoms with Gasteiger partial charge in [0.1, 0.15) is 11.5 Å². The lowest BCUT2D eigenvalue weighted by Crippen LogP contribution is -2.40. The number of Topliss-reactive ketones (excluding diaryl/α,β-unsaturated/α-hetero) is 2. The minimum atomic E-state index is -0.430. The van der Waals surface area contributed by atoms with Crippen LogP contribution in [0, 0.1) is 5.92 Å². The summed E-state index contributed by atoms with van der Waals surface area (Å²) in [5.41, 5.74) is 11.9. The van der Waals surface area contributed by atoms with Crippen LogP contribution in [-0.4, -0.2) is 40.8 Å². The van der Waals surface area contributed by atoms with Gasteiger partial charge in [0, 0.05) is 24.3 Å². The van der Waals surface area contributed by atoms with Crippen LogP contribution in [0.3, 0.4) is 0 Å². The Kier molecular flexibility index (Phi) is 9.70. The number of benzene rings is 2. The highest BCUT2D eigenvalue weighted by Crippen LogP contribution is 2.48. The van der Waals surface area contributed by atoms with Gasteiger partial charge in [-0.3, -0.25) is 9.59 Å². The van der Waals surface area contributed by atoms with Crippen molar-refractivity contribution < 1.29 is 24.5 Å². The number of nitrogens with two attached hydrogens (primary N) is 1. The van der Waals surface area contributed by atoms with E-state index in [4.69, 9.17) is 10.5 Å². The highest BCUT2D eigenvalue weighted by Gasteiger charge is 2.31. The third kappa shape index (κ3) is 6.74. The molecule has 0 fully saturated rings. The number of carbonyl (C=O) groups is 2. The van der Waals surface area contributed by atoms with E-state index < -0.39 is 6.17 Å². The van der Waals surface area contributed by atoms with Gasteiger partial charge in [-0.2, -0.15) is 0 Å². The van der Waals surface area contributed by atoms with Crippen LogP contribution in [0.4, 0.5) is 0 Å². The van der Waals surface area contributed by atoms with Crippen LogP contribution in [0.5, 0.6) is 17.2 Å². The molecule has 4 bridgehead atoms. The zero-order valence-electron chi connectivity index (χ0n) is 24.0. The summed E-state index contributed by atoms with van der Waals surface area (Å²) in [4.78, 5) is 26.3. The molecule has 4 unspecified atom stereocenters. The number of aromatic hydroxyl groups is 2. The quantitative estimate of drug-likeness (QED) is 0.228. The number of rotatable bonds is 3. The molecule has 222 valence electrons. The fraction of sp³-hybridized carbons (Fsp3) is 0.394. The Morgan fingerprint density at radius 3 is 2.69 bits per heavy atom. The first kappa shape index (κ1) is 30.3. The number of carbonyl (C=O) groups excluding carboxylic acids is 2. The number of ketones is 2. The highest BCUT2D eigenvalue weighted by molar-refractivity contribution is 8.76. The predicted molar refractivity (Wildman–Crippen MR) is 170 cm³/mol. The van der Waals surface area contributed by atoms with Gasteiger partial charge in [0.2, 0.25) is 0 Å². The van der Waals surface area contributed by atoms with Crippen LogP contribution in [0.15, 0.2) is 65.4 Å². The monoisotopic (exact) mass is 606 g/mol. The maximum Gasteiger partial charge on any atom is 0.166 e. The number of phenolic OH excluding ortho intramolecular Hbond substituents is 2. The Morgan fingerprint density at radius 1 is 1.10 bits per heavy atom. The van der Waals surface area contributed by atoms with E-state index in [1.165, 1.54) is 7.11 Å². The number of ether oxygens (including phenoxy) is 1. The third-order valence-electron chi connectivity index (χ3n) is 8.38. The van der Waals surface area contributed by atoms with Crippen molar-refractivity contribution in [1.82, 2.24) is 5.32 Å². The van der Waals surface area contributed by atoms with Gasteiger partial charge in [-0.1, -0.05) is 53.1 Å². The van der Waals surface area contributed by atoms with Crippen molar-refractivity contribution in [3.8, 4) is 17.2 Å². The molecule has 2 aromatic carbocycles. The summed E-state index contributed by atoms with van der Waals surface area (Å²) >= 11 is 0. The van der Waals surface area contributed by atoms with E-state index in [-0.39, 0.29) is 40.7 Å². The Hall–Kier alpha value is -3.14. The van der Waals surface area contributed by atoms with Crippen LogP contribution in [0.25, 0.3) is 6.08 Å². The molecule has 2 heterocycles. The van der Waals surface area contributed by atoms with Crippen molar-refractivity contribution in [3.05, 3.63) is 82.1 Å². The average molecular weight is 607 g/mol. The van der Waals surface area contributed by atoms with Crippen molar-refractivity contribution in [3.63, 3.8) is 0 Å². The zero-order valence-corrected chi connectivity index (χ0v) is 25.6. The Bertz CT molecular complexity index is 1450. The molecule has 0 aromatic heterocycles. The molecule has 0 spiro atoms. The smallest absolute Gasteiger partial charge is 0.166 e. The second-order valence-electron chi connectivity index (χ2n) is 11.2. The summed E-state index contributed by atoms with van der Waals surface area (Å²) in [6, 6.07) is 10.8. The number of phenols is 2. The van der Waals surface area contributed by atoms with Crippen molar-refractivity contribution in [2.75, 3.05) is 12.9 Å². The number of nitrogens with one attached hydrogen (secondary N) is 1. The van der Waals surface area contributed by atoms with E-state index >= 15 is 0 Å². The molecule has 5 N–H and O–H groups in total. The first-order chi connectivity index (χ1) is 20.3. The van der Waals surface area contributed by atoms with E-state index in [1.807, 2.05) is 24.4 Å². The Morgan fingerprint density at radius 2 is 1.93 bits per heavy atom. The minimum absolute atomic E-state index is 0.0270. The average Bonchev–Trinajstić information content (AvgIpc) is 3.16. The third-order valence-corrected chi connectivity index (χ3v) is 11.3. The Labute approximate surface area is 255 Å². The number of dihydropyridines is 1. The van der Waals surface area contributed by atoms with Crippen molar-refractivity contribution >= 4 is 39.2 Å². The summed E-state index contributed by atoms with van der Waals surface area (Å²) in [5.74, 6) is 1.44. The molecule has 0 saturated carbocycles. The predicted octanol–water partition coefficient (Wildman–Crippen LogP) is 6.54. The van der Waals surface area contributed by atoms with Gasteiger partial charge in [-0.05, 0) is 88.9 Å². The molecule has 9 heteroatoms. The van der Waals surface area contributed by atoms with Gasteiger partial charge < -0.3 is 26.0 Å². The van der Waals surface area contributed by atoms with Gasteiger partial charge in [0.25, 0.3) is 0 Å². The van der Waals surface area contributed by atoms with Gasteiger partial charge in [0.15, 0.2) is 17.3 Å². The molecule has 0 saturated heterocycles. The molecule has 4 atom stereocenters. The second kappa shape index (κ2) is 13.4. The summed E-state index contributed by atoms with van der Waals surface area (Å²) in [6.45, 7) is 2.14. The lowest BCUT2D eigenvalue weighted by atomic mass is 9.83. The van der Waals surface area contributed by atoms with E-state index in [0.717, 1.165) is 46.4 Å². The van der Waals surface area contributed by atoms with Crippen LogP contribution in [-0.2, 0) is 9.59 Å². The van der Waals surface area contributed by atoms with Crippen molar-refractivity contribution in [2.45, 2.75) is 62.8 Å². The first-order valence-electron chi connectivity index (χ1n) is 14.4. The maximum absolute atomic E-state index is 13.4. The second-order valence-corrected chi connectivity index (χ2v) is 13.7. The number of hydrogen-bond acceptors (Lipinski definition) is 9. The minimum Gasteiger partial charge on any atom is -0.508 e. The molecular formula is C33H38N2O5S2. The molecule has 2 aliphatic heterocycles. The van der Waals surface area contributed by atoms with Crippen LogP contribution in [0.2, 0.25) is 0 Å². The molecule has 2 aromatic rings. The molecular weight excluding hydrogens is 569 g/mol. The fourth-order valence-electron chi connectivity index (χ4n) is 5.86. The van der Waals surface area contributed by atoms with Crippen molar-refractivity contribution in [2.24, 2.45) is 11.7 Å². The lowest BCUT2D eigenvalue weighted by Gasteiger charge is -2.31. The fourth-order valence-corrected chi connectivity index (χ4v) is 9.15. The van der Waals surface area contributed by atoms with Gasteiger partial charge >= 0.3 is 0 Å². The van der Waals surface area contributed by atoms with Gasteiger partial charge in [0.05, 0.1) is 24.9 Å². The first-order valence-corrected chi connectivity index (χ1v) is 16.8. The van der Waals surface area contributed by atoms with Gasteiger partial charge in [-0.25, -0.2) is 0 Å². The van der Waals surface area contributed by atoms with Gasteiger partial charge in [-0.15, -0.1) is 0 Å². The molecule has 7 nitrogen and oxygen atoms in total. The summed E-state index contributed by atoms with van der Waals surface area (Å²) in [7, 11) is 4.97. The summed E-state index contributed by atoms with van der Waals surface area (Å²) in [6.07, 6.45) is 8.59. The molecule has 42 heavy (non-hydrogen) atoms. The SMILES string of the molecule is CCC1CCC(=O)CC(=O)C2=Cc3cc(OC)c(O)cc3C(CC2)C2=CNC(N)C(=C2)C(c2cccc(O)c2)SSC1.